The van der Waals surface area contributed by atoms with Crippen LogP contribution in [0.15, 0.2) is 30.3 Å². The molecular formula is C17H23N3O2. The lowest BCUT2D eigenvalue weighted by atomic mass is 9.87. The topological polar surface area (TPSA) is 75.4 Å². The minimum atomic E-state index is -0.650. The summed E-state index contributed by atoms with van der Waals surface area (Å²) in [4.78, 5) is 25.6. The van der Waals surface area contributed by atoms with Crippen LogP contribution in [0.4, 0.5) is 4.79 Å². The van der Waals surface area contributed by atoms with E-state index in [2.05, 4.69) is 29.6 Å². The summed E-state index contributed by atoms with van der Waals surface area (Å²) >= 11 is 0. The largest absolute Gasteiger partial charge is 0.352 e. The summed E-state index contributed by atoms with van der Waals surface area (Å²) in [7, 11) is 0. The maximum absolute atomic E-state index is 12.7. The average Bonchev–Trinajstić information content (AvgIpc) is 3.08. The van der Waals surface area contributed by atoms with E-state index >= 15 is 0 Å². The molecule has 1 saturated carbocycles. The van der Waals surface area contributed by atoms with Crippen LogP contribution < -0.4 is 11.1 Å². The standard InChI is InChI=1S/C17H23N3O2/c1-11(19-17(18)22)16(21)20-10-14(12-6-3-2-4-7-12)13-8-5-9-15(13)20/h2-4,6-7,11,13-15H,5,8-10H2,1H3,(H3,18,19,22)/t11-,13+,14+,15-/m0/s1. The number of primary amides is 1. The number of nitrogens with one attached hydrogen (secondary N) is 1. The number of carbonyl (C=O) groups excluding carboxylic acids is 2. The van der Waals surface area contributed by atoms with Crippen molar-refractivity contribution in [1.82, 2.24) is 10.2 Å². The smallest absolute Gasteiger partial charge is 0.312 e. The number of carbonyl (C=O) groups is 2. The molecule has 0 bridgehead atoms. The van der Waals surface area contributed by atoms with Gasteiger partial charge in [-0.3, -0.25) is 4.79 Å². The molecule has 1 aromatic carbocycles. The van der Waals surface area contributed by atoms with E-state index in [4.69, 9.17) is 5.73 Å². The van der Waals surface area contributed by atoms with Crippen molar-refractivity contribution in [2.75, 3.05) is 6.54 Å². The van der Waals surface area contributed by atoms with Gasteiger partial charge in [0.15, 0.2) is 0 Å². The Morgan fingerprint density at radius 2 is 2.00 bits per heavy atom. The molecule has 1 saturated heterocycles. The minimum absolute atomic E-state index is 0.0193. The lowest BCUT2D eigenvalue weighted by Crippen LogP contribution is -2.50. The van der Waals surface area contributed by atoms with E-state index in [1.807, 2.05) is 11.0 Å². The van der Waals surface area contributed by atoms with E-state index < -0.39 is 12.1 Å². The summed E-state index contributed by atoms with van der Waals surface area (Å²) in [6, 6.07) is 9.53. The number of fused-ring (bicyclic) bond motifs is 1. The summed E-state index contributed by atoms with van der Waals surface area (Å²) in [6.07, 6.45) is 3.40. The zero-order chi connectivity index (χ0) is 15.7. The molecule has 3 amide bonds. The van der Waals surface area contributed by atoms with E-state index in [0.717, 1.165) is 13.0 Å². The molecule has 4 atom stereocenters. The first-order valence-corrected chi connectivity index (χ1v) is 7.99. The molecule has 0 spiro atoms. The summed E-state index contributed by atoms with van der Waals surface area (Å²) < 4.78 is 0. The van der Waals surface area contributed by atoms with E-state index in [-0.39, 0.29) is 5.91 Å². The highest BCUT2D eigenvalue weighted by atomic mass is 16.2. The summed E-state index contributed by atoms with van der Waals surface area (Å²) in [5.41, 5.74) is 6.44. The van der Waals surface area contributed by atoms with Gasteiger partial charge in [-0.2, -0.15) is 0 Å². The van der Waals surface area contributed by atoms with Crippen molar-refractivity contribution in [2.24, 2.45) is 11.7 Å². The van der Waals surface area contributed by atoms with Crippen molar-refractivity contribution >= 4 is 11.9 Å². The molecule has 0 unspecified atom stereocenters. The summed E-state index contributed by atoms with van der Waals surface area (Å²) in [5.74, 6) is 0.916. The molecule has 2 fully saturated rings. The second-order valence-electron chi connectivity index (χ2n) is 6.40. The number of hydrogen-bond donors (Lipinski definition) is 2. The van der Waals surface area contributed by atoms with E-state index in [9.17, 15) is 9.59 Å². The molecule has 1 aliphatic carbocycles. The van der Waals surface area contributed by atoms with Crippen molar-refractivity contribution in [3.8, 4) is 0 Å². The number of urea groups is 1. The Kier molecular flexibility index (Phi) is 4.05. The zero-order valence-electron chi connectivity index (χ0n) is 12.9. The number of nitrogens with zero attached hydrogens (tertiary/aromatic N) is 1. The third-order valence-electron chi connectivity index (χ3n) is 5.08. The first-order chi connectivity index (χ1) is 10.6. The van der Waals surface area contributed by atoms with Crippen LogP contribution in [0.1, 0.15) is 37.7 Å². The lowest BCUT2D eigenvalue weighted by molar-refractivity contribution is -0.133. The van der Waals surface area contributed by atoms with Crippen molar-refractivity contribution in [3.63, 3.8) is 0 Å². The van der Waals surface area contributed by atoms with E-state index in [0.29, 0.717) is 17.9 Å². The summed E-state index contributed by atoms with van der Waals surface area (Å²) in [5, 5.41) is 2.50. The minimum Gasteiger partial charge on any atom is -0.352 e. The van der Waals surface area contributed by atoms with Crippen molar-refractivity contribution in [3.05, 3.63) is 35.9 Å². The Morgan fingerprint density at radius 1 is 1.27 bits per heavy atom. The SMILES string of the molecule is C[C@H](NC(N)=O)C(=O)N1C[C@H](c2ccccc2)[C@H]2CCC[C@@H]21. The fraction of sp³-hybridized carbons (Fsp3) is 0.529. The van der Waals surface area contributed by atoms with E-state index in [1.165, 1.54) is 18.4 Å². The van der Waals surface area contributed by atoms with Crippen LogP contribution >= 0.6 is 0 Å². The third kappa shape index (κ3) is 2.67. The fourth-order valence-corrected chi connectivity index (χ4v) is 4.14. The molecule has 3 rings (SSSR count). The van der Waals surface area contributed by atoms with Crippen molar-refractivity contribution in [2.45, 2.75) is 44.2 Å². The highest BCUT2D eigenvalue weighted by Crippen LogP contribution is 2.46. The maximum Gasteiger partial charge on any atom is 0.312 e. The Bertz CT molecular complexity index is 560. The third-order valence-corrected chi connectivity index (χ3v) is 5.08. The number of nitrogens with two attached hydrogens (primary N) is 1. The summed E-state index contributed by atoms with van der Waals surface area (Å²) in [6.45, 7) is 2.44. The van der Waals surface area contributed by atoms with Gasteiger partial charge in [0.25, 0.3) is 0 Å². The number of hydrogen-bond acceptors (Lipinski definition) is 2. The predicted octanol–water partition coefficient (Wildman–Crippen LogP) is 1.84. The van der Waals surface area contributed by atoms with Crippen molar-refractivity contribution < 1.29 is 9.59 Å². The van der Waals surface area contributed by atoms with Gasteiger partial charge >= 0.3 is 6.03 Å². The van der Waals surface area contributed by atoms with E-state index in [1.54, 1.807) is 6.92 Å². The fourth-order valence-electron chi connectivity index (χ4n) is 4.14. The molecule has 22 heavy (non-hydrogen) atoms. The highest BCUT2D eigenvalue weighted by Gasteiger charge is 2.47. The van der Waals surface area contributed by atoms with Crippen LogP contribution in [0, 0.1) is 5.92 Å². The van der Waals surface area contributed by atoms with Gasteiger partial charge in [-0.25, -0.2) is 4.79 Å². The van der Waals surface area contributed by atoms with Gasteiger partial charge in [-0.1, -0.05) is 36.8 Å². The van der Waals surface area contributed by atoms with Crippen LogP contribution in [-0.2, 0) is 4.79 Å². The molecule has 5 heteroatoms. The van der Waals surface area contributed by atoms with Crippen LogP contribution in [0.5, 0.6) is 0 Å². The molecule has 1 aliphatic heterocycles. The van der Waals surface area contributed by atoms with Gasteiger partial charge in [-0.15, -0.1) is 0 Å². The molecule has 2 aliphatic rings. The first kappa shape index (κ1) is 14.9. The second kappa shape index (κ2) is 5.99. The van der Waals surface area contributed by atoms with Gasteiger partial charge in [0, 0.05) is 18.5 Å². The predicted molar refractivity (Wildman–Crippen MR) is 84.2 cm³/mol. The normalized spacial score (nSPS) is 28.2. The Labute approximate surface area is 130 Å². The van der Waals surface area contributed by atoms with Crippen LogP contribution in [0.25, 0.3) is 0 Å². The lowest BCUT2D eigenvalue weighted by Gasteiger charge is -2.26. The molecule has 1 heterocycles. The number of benzene rings is 1. The van der Waals surface area contributed by atoms with Crippen LogP contribution in [-0.4, -0.2) is 35.5 Å². The average molecular weight is 301 g/mol. The van der Waals surface area contributed by atoms with Crippen molar-refractivity contribution in [1.29, 1.82) is 0 Å². The Morgan fingerprint density at radius 3 is 2.68 bits per heavy atom. The Hall–Kier alpha value is -2.04. The number of amides is 3. The van der Waals surface area contributed by atoms with Gasteiger partial charge < -0.3 is 16.0 Å². The molecule has 1 aromatic rings. The zero-order valence-corrected chi connectivity index (χ0v) is 12.9. The monoisotopic (exact) mass is 301 g/mol. The molecule has 0 radical (unpaired) electrons. The molecule has 3 N–H and O–H groups in total. The molecule has 5 nitrogen and oxygen atoms in total. The maximum atomic E-state index is 12.7. The Balaban J connectivity index is 1.79. The highest BCUT2D eigenvalue weighted by molar-refractivity contribution is 5.86. The van der Waals surface area contributed by atoms with Crippen LogP contribution in [0.3, 0.4) is 0 Å². The first-order valence-electron chi connectivity index (χ1n) is 7.99. The van der Waals surface area contributed by atoms with Gasteiger partial charge in [0.1, 0.15) is 6.04 Å². The van der Waals surface area contributed by atoms with Crippen LogP contribution in [0.2, 0.25) is 0 Å². The second-order valence-corrected chi connectivity index (χ2v) is 6.40. The van der Waals surface area contributed by atoms with Gasteiger partial charge in [0.2, 0.25) is 5.91 Å². The molecular weight excluding hydrogens is 278 g/mol. The molecule has 0 aromatic heterocycles. The van der Waals surface area contributed by atoms with Gasteiger partial charge in [0.05, 0.1) is 0 Å². The quantitative estimate of drug-likeness (QED) is 0.894. The number of rotatable bonds is 3. The van der Waals surface area contributed by atoms with Gasteiger partial charge in [-0.05, 0) is 31.2 Å². The number of likely N-dealkylation sites (tertiary alicyclic amines) is 1. The molecule has 118 valence electrons.